The number of nitrogens with zero attached hydrogens (tertiary/aromatic N) is 4. The van der Waals surface area contributed by atoms with Crippen molar-refractivity contribution in [2.75, 3.05) is 15.3 Å². The van der Waals surface area contributed by atoms with Gasteiger partial charge in [-0.15, -0.1) is 0 Å². The molecule has 19 aromatic carbocycles. The molecule has 0 spiro atoms. The molecule has 23 aromatic rings. The summed E-state index contributed by atoms with van der Waals surface area (Å²) in [6.45, 7) is 2.70. The van der Waals surface area contributed by atoms with Gasteiger partial charge in [0.2, 0.25) is 0 Å². The molecule has 3 N–H and O–H groups in total. The molecule has 4 aromatic heterocycles. The summed E-state index contributed by atoms with van der Waals surface area (Å²) in [5.74, 6) is 15.6. The van der Waals surface area contributed by atoms with Gasteiger partial charge in [-0.2, -0.15) is 0 Å². The molecule has 24 aliphatic heterocycles. The monoisotopic (exact) mass is 1950 g/mol. The van der Waals surface area contributed by atoms with E-state index in [1.165, 1.54) is 203 Å². The molecule has 0 saturated carbocycles. The first-order valence-electron chi connectivity index (χ1n) is 54.1. The molecule has 34 heteroatoms. The van der Waals surface area contributed by atoms with Crippen molar-refractivity contribution >= 4 is 309 Å². The van der Waals surface area contributed by atoms with Crippen LogP contribution in [0.15, 0.2) is 358 Å². The summed E-state index contributed by atoms with van der Waals surface area (Å²) >= 11 is 0. The van der Waals surface area contributed by atoms with Crippen molar-refractivity contribution in [1.82, 2.24) is 18.3 Å². The molecule has 12 fully saturated rings. The quantitative estimate of drug-likeness (QED) is 0.0943. The van der Waals surface area contributed by atoms with Gasteiger partial charge in [-0.3, -0.25) is 0 Å². The average Bonchev–Trinajstić information content (AvgIpc) is 1.36. The van der Waals surface area contributed by atoms with E-state index in [9.17, 15) is 0 Å². The van der Waals surface area contributed by atoms with Gasteiger partial charge >= 0.3 is 699 Å². The van der Waals surface area contributed by atoms with Gasteiger partial charge in [0.15, 0.2) is 0 Å². The molecule has 0 aliphatic carbocycles. The number of hydrogen-bond acceptors (Lipinski definition) is 11. The van der Waals surface area contributed by atoms with Gasteiger partial charge in [0.1, 0.15) is 23.0 Å². The number of aryl methyl sites for hydroxylation is 1. The normalized spacial score (nSPS) is 19.0. The number of anilines is 3. The number of para-hydroxylation sites is 6. The Morgan fingerprint density at radius 2 is 0.530 bits per heavy atom. The first kappa shape index (κ1) is 77.9. The summed E-state index contributed by atoms with van der Waals surface area (Å²) < 4.78 is 63.7. The van der Waals surface area contributed by atoms with Crippen molar-refractivity contribution in [3.05, 3.63) is 363 Å². The van der Waals surface area contributed by atoms with Gasteiger partial charge in [-0.05, 0) is 65.9 Å². The predicted molar refractivity (Wildman–Crippen MR) is 640 cm³/mol. The molecule has 149 heavy (non-hydrogen) atoms. The molecule has 0 amide bonds. The van der Waals surface area contributed by atoms with Gasteiger partial charge in [0.25, 0.3) is 6.71 Å². The van der Waals surface area contributed by atoms with Crippen LogP contribution >= 0.6 is 19.2 Å². The Hall–Kier alpha value is -15.5. The fourth-order valence-electron chi connectivity index (χ4n) is 37.3. The van der Waals surface area contributed by atoms with Crippen LogP contribution in [-0.2, 0) is 0 Å². The Bertz CT molecular complexity index is 10600. The zero-order chi connectivity index (χ0) is 95.5. The molecule has 680 valence electrons. The summed E-state index contributed by atoms with van der Waals surface area (Å²) in [7, 11) is 0.418. The van der Waals surface area contributed by atoms with Crippen LogP contribution < -0.4 is 135 Å². The van der Waals surface area contributed by atoms with E-state index in [1.54, 1.807) is 5.30 Å². The first-order chi connectivity index (χ1) is 73.7. The summed E-state index contributed by atoms with van der Waals surface area (Å²) in [6, 6.07) is 130. The van der Waals surface area contributed by atoms with Crippen molar-refractivity contribution < 1.29 is 37.9 Å². The fraction of sp³-hybridized carbons (Fsp3) is 0.00870. The molecule has 47 rings (SSSR count). The molecule has 0 atom stereocenters. The van der Waals surface area contributed by atoms with Crippen LogP contribution in [0.25, 0.3) is 110 Å². The third kappa shape index (κ3) is 8.14. The number of aromatic nitrogens is 4. The molecule has 0 unspecified atom stereocenters. The molecule has 0 radical (unpaired) electrons. The number of hydrogen-bond donors (Lipinski definition) is 3. The molecule has 6 bridgehead atoms. The second-order valence-corrected chi connectivity index (χ2v) is 64.0. The zero-order valence-electron chi connectivity index (χ0n) is 81.0. The van der Waals surface area contributed by atoms with E-state index in [-0.39, 0.29) is 48.0 Å². The maximum absolute atomic E-state index is 7.14. The van der Waals surface area contributed by atoms with Crippen molar-refractivity contribution in [3.8, 4) is 115 Å². The Labute approximate surface area is 858 Å². The van der Waals surface area contributed by atoms with E-state index < -0.39 is 19.2 Å². The van der Waals surface area contributed by atoms with E-state index >= 15 is 0 Å². The van der Waals surface area contributed by atoms with Crippen LogP contribution in [0, 0.1) is 6.92 Å². The summed E-state index contributed by atoms with van der Waals surface area (Å²) in [5, 5.41) is 28.3. The van der Waals surface area contributed by atoms with E-state index in [0.717, 1.165) is 153 Å². The molecule has 24 aliphatic rings. The summed E-state index contributed by atoms with van der Waals surface area (Å²) in [5.41, 5.74) is 35.4. The Kier molecular flexibility index (Phi) is 13.0. The van der Waals surface area contributed by atoms with Gasteiger partial charge in [-0.1, -0.05) is 24.3 Å². The van der Waals surface area contributed by atoms with Crippen LogP contribution in [0.5, 0.6) is 92.0 Å². The number of benzene rings is 19. The molecule has 28 heterocycles. The summed E-state index contributed by atoms with van der Waals surface area (Å²) in [6.07, 6.45) is 1.51. The summed E-state index contributed by atoms with van der Waals surface area (Å²) in [4.78, 5) is 0. The fourth-order valence-corrected chi connectivity index (χ4v) is 68.2. The van der Waals surface area contributed by atoms with E-state index in [4.69, 9.17) is 37.9 Å². The minimum absolute atomic E-state index is 0.121. The molecular formula is C115H71B16N7O8P3-3. The van der Waals surface area contributed by atoms with Crippen molar-refractivity contribution in [2.24, 2.45) is 0 Å². The third-order valence-corrected chi connectivity index (χ3v) is 68.4. The molecule has 15 nitrogen and oxygen atoms in total. The van der Waals surface area contributed by atoms with Gasteiger partial charge < -0.3 is 14.0 Å². The first-order valence-corrected chi connectivity index (χ1v) is 61.4. The van der Waals surface area contributed by atoms with Crippen LogP contribution in [0.3, 0.4) is 0 Å². The van der Waals surface area contributed by atoms with Crippen molar-refractivity contribution in [3.63, 3.8) is 0 Å². The number of ether oxygens (including phenoxy) is 8. The SMILES string of the molecule is Cc1cccc2c1c1ccc3c4c1n2-c1cccc2c1B4c1c(cccc1O3)O2.[BH2-]1B2B3B1P23(Nc1ccccc1)c1cc2c3c4c1c1ccccc1n4-c1cccc4c1B3c1c(cccc1O2)O4.[BH2-]1B2B3B1P23(Nc1ccccc1)c1cc2c3ccccc3n3c2c2c1Oc1cccc4c1B2c1c(cccc1-3)O4.[BH2-]1B2B3B1P23(Nc1ccccc1)c1ccc2c3c1Oc1ccc4c5ccccc5n5c4c1B3c1c(cccc1-5)O2. The minimum atomic E-state index is -2.27. The molecule has 12 saturated heterocycles. The Balaban J connectivity index is 0.0000000767. The van der Waals surface area contributed by atoms with Gasteiger partial charge in [0.05, 0.1) is 11.0 Å². The van der Waals surface area contributed by atoms with Crippen molar-refractivity contribution in [1.29, 1.82) is 0 Å². The standard InChI is InChI=1S/3C30H19B5N2O2P.C25H14BNO2/c1-2-8-17(9-3-1)36-40(33-31-34(40)35(33)40)25-16-19-18-10-4-5-11-20(18)37-21-12-6-13-22-26(21)32-27-23(38-22)14-7-15-24(27)39-30(25)28(32)29(19)37;1-2-8-17(9-3-1)36-40(33-31-34(40)35(33)40)25-16-24-29-30-26(25)18-10-4-5-11-19(18)37(30)20-12-6-13-21-27(20)32(29)28-22(38-21)14-7-15-23(28)39-24;1-2-7-17(8-3-1)36-40(33-31-34(40)35(33)40)25-16-15-24-28-30(25)39-23-14-13-19-18-9-4-5-10-20(18)37-21-11-6-12-22(38-24)26(21)32(28)27(23)29(19)37;1-13-5-2-6-15-21(13)14-11-12-20-24-25(14)27(15)16-7-3-8-17-22(16)26(24)23-18(28-17)9-4-10-19(23)29-20/h3*1-16,36H,31H2;2-12H,1H3/q3*-1;. The van der Waals surface area contributed by atoms with E-state index in [1.807, 2.05) is 6.07 Å². The van der Waals surface area contributed by atoms with Crippen LogP contribution in [-0.4, -0.2) is 122 Å². The average molecular weight is 1940 g/mol. The van der Waals surface area contributed by atoms with Crippen LogP contribution in [0.1, 0.15) is 5.56 Å². The van der Waals surface area contributed by atoms with E-state index in [2.05, 4.69) is 392 Å². The van der Waals surface area contributed by atoms with Gasteiger partial charge in [0, 0.05) is 21.9 Å². The number of nitrogens with one attached hydrogen (secondary N) is 3. The van der Waals surface area contributed by atoms with Gasteiger partial charge in [-0.25, -0.2) is 0 Å². The van der Waals surface area contributed by atoms with E-state index in [0.29, 0.717) is 0 Å². The number of rotatable bonds is 9. The Morgan fingerprint density at radius 3 is 1.01 bits per heavy atom. The number of fused-ring (bicyclic) bond motifs is 16. The third-order valence-electron chi connectivity index (χ3n) is 43.1. The second kappa shape index (κ2) is 24.9. The van der Waals surface area contributed by atoms with Crippen LogP contribution in [0.4, 0.5) is 17.1 Å². The Morgan fingerprint density at radius 1 is 0.215 bits per heavy atom. The van der Waals surface area contributed by atoms with Crippen LogP contribution in [0.2, 0.25) is 0 Å². The topological polar surface area (TPSA) is 130 Å². The zero-order valence-corrected chi connectivity index (χ0v) is 83.6. The maximum atomic E-state index is 7.14. The van der Waals surface area contributed by atoms with Crippen molar-refractivity contribution in [2.45, 2.75) is 6.92 Å². The predicted octanol–water partition coefficient (Wildman–Crippen LogP) is 14.2. The molecular weight excluding hydrogens is 1870 g/mol. The second-order valence-electron chi connectivity index (χ2n) is 47.2.